The Morgan fingerprint density at radius 1 is 1.22 bits per heavy atom. The summed E-state index contributed by atoms with van der Waals surface area (Å²) in [6.45, 7) is 5.94. The molecular weight excluding hydrogens is 342 g/mol. The molecule has 0 radical (unpaired) electrons. The highest BCUT2D eigenvalue weighted by Gasteiger charge is 2.32. The van der Waals surface area contributed by atoms with Gasteiger partial charge in [-0.2, -0.15) is 0 Å². The van der Waals surface area contributed by atoms with Crippen molar-refractivity contribution in [2.45, 2.75) is 32.9 Å². The number of fused-ring (bicyclic) bond motifs is 1. The Kier molecular flexibility index (Phi) is 4.76. The summed E-state index contributed by atoms with van der Waals surface area (Å²) < 4.78 is 5.44. The number of likely N-dealkylation sites (tertiary alicyclic amines) is 1. The lowest BCUT2D eigenvalue weighted by molar-refractivity contribution is 0.140. The van der Waals surface area contributed by atoms with Crippen molar-refractivity contribution in [2.24, 2.45) is 5.92 Å². The van der Waals surface area contributed by atoms with Gasteiger partial charge in [-0.1, -0.05) is 6.07 Å². The summed E-state index contributed by atoms with van der Waals surface area (Å²) in [4.78, 5) is 22.6. The number of aliphatic hydroxyl groups is 1. The van der Waals surface area contributed by atoms with Crippen LogP contribution in [0.5, 0.6) is 0 Å². The van der Waals surface area contributed by atoms with E-state index in [1.165, 1.54) is 0 Å². The molecule has 1 fully saturated rings. The average Bonchev–Trinajstić information content (AvgIpc) is 2.96. The minimum Gasteiger partial charge on any atom is -0.422 e. The zero-order valence-corrected chi connectivity index (χ0v) is 15.6. The van der Waals surface area contributed by atoms with Gasteiger partial charge >= 0.3 is 5.63 Å². The summed E-state index contributed by atoms with van der Waals surface area (Å²) in [6.07, 6.45) is 5.35. The number of hydrogen-bond acceptors (Lipinski definition) is 6. The Labute approximate surface area is 157 Å². The van der Waals surface area contributed by atoms with Gasteiger partial charge in [-0.15, -0.1) is 0 Å². The topological polar surface area (TPSA) is 79.5 Å². The number of nitrogens with zero attached hydrogens (tertiary/aromatic N) is 3. The van der Waals surface area contributed by atoms with Gasteiger partial charge in [0, 0.05) is 55.6 Å². The van der Waals surface area contributed by atoms with Crippen molar-refractivity contribution in [2.75, 3.05) is 13.1 Å². The predicted octanol–water partition coefficient (Wildman–Crippen LogP) is 2.24. The van der Waals surface area contributed by atoms with E-state index >= 15 is 0 Å². The molecule has 0 unspecified atom stereocenters. The minimum absolute atomic E-state index is 0.108. The molecule has 6 nitrogen and oxygen atoms in total. The molecule has 27 heavy (non-hydrogen) atoms. The Hall–Kier alpha value is -2.57. The third-order valence-electron chi connectivity index (χ3n) is 5.22. The van der Waals surface area contributed by atoms with E-state index in [0.717, 1.165) is 34.3 Å². The van der Waals surface area contributed by atoms with E-state index in [-0.39, 0.29) is 11.5 Å². The van der Waals surface area contributed by atoms with Crippen LogP contribution in [0.15, 0.2) is 46.0 Å². The van der Waals surface area contributed by atoms with Gasteiger partial charge in [-0.3, -0.25) is 14.9 Å². The molecule has 6 heteroatoms. The second kappa shape index (κ2) is 7.21. The molecule has 2 atom stereocenters. The Bertz CT molecular complexity index is 1020. The van der Waals surface area contributed by atoms with E-state index in [0.29, 0.717) is 25.1 Å². The number of rotatable bonds is 4. The molecule has 3 heterocycles. The summed E-state index contributed by atoms with van der Waals surface area (Å²) in [7, 11) is 0. The summed E-state index contributed by atoms with van der Waals surface area (Å²) >= 11 is 0. The smallest absolute Gasteiger partial charge is 0.336 e. The molecule has 1 N–H and O–H groups in total. The first kappa shape index (κ1) is 17.8. The van der Waals surface area contributed by atoms with E-state index in [4.69, 9.17) is 4.42 Å². The largest absolute Gasteiger partial charge is 0.422 e. The number of β-amino-alcohol motifs (C(OH)–C–C–N with tert-alkyl or cyclic N) is 1. The van der Waals surface area contributed by atoms with Crippen LogP contribution in [0.3, 0.4) is 0 Å². The number of aryl methyl sites for hydroxylation is 2. The molecule has 0 bridgehead atoms. The highest BCUT2D eigenvalue weighted by atomic mass is 16.4. The summed E-state index contributed by atoms with van der Waals surface area (Å²) in [5, 5.41) is 11.5. The van der Waals surface area contributed by atoms with Crippen molar-refractivity contribution < 1.29 is 9.52 Å². The van der Waals surface area contributed by atoms with Crippen molar-refractivity contribution in [3.05, 3.63) is 69.6 Å². The summed E-state index contributed by atoms with van der Waals surface area (Å²) in [5.74, 6) is 0.108. The van der Waals surface area contributed by atoms with Crippen molar-refractivity contribution in [3.8, 4) is 0 Å². The first-order valence-corrected chi connectivity index (χ1v) is 9.19. The van der Waals surface area contributed by atoms with E-state index in [2.05, 4.69) is 20.9 Å². The third kappa shape index (κ3) is 3.77. The van der Waals surface area contributed by atoms with Crippen LogP contribution in [-0.4, -0.2) is 39.2 Å². The molecule has 0 spiro atoms. The van der Waals surface area contributed by atoms with Gasteiger partial charge in [-0.05, 0) is 43.0 Å². The molecule has 140 valence electrons. The molecule has 2 aromatic heterocycles. The molecule has 0 aliphatic carbocycles. The second-order valence-electron chi connectivity index (χ2n) is 7.47. The van der Waals surface area contributed by atoms with Crippen LogP contribution in [0, 0.1) is 19.8 Å². The molecule has 4 rings (SSSR count). The lowest BCUT2D eigenvalue weighted by atomic mass is 10.0. The Morgan fingerprint density at radius 3 is 2.85 bits per heavy atom. The first-order valence-electron chi connectivity index (χ1n) is 9.19. The standard InChI is InChI=1S/C21H23N3O3/c1-13-5-14(2)21-18(6-13)15(8-20(26)27-21)10-24-11-16(19(25)12-24)7-17-9-22-3-4-23-17/h3-6,8-9,16,19,25H,7,10-12H2,1-2H3/t16-,19-/m1/s1. The molecule has 1 aromatic carbocycles. The van der Waals surface area contributed by atoms with E-state index in [1.807, 2.05) is 19.9 Å². The second-order valence-corrected chi connectivity index (χ2v) is 7.47. The highest BCUT2D eigenvalue weighted by Crippen LogP contribution is 2.27. The minimum atomic E-state index is -0.415. The molecule has 1 saturated heterocycles. The third-order valence-corrected chi connectivity index (χ3v) is 5.22. The van der Waals surface area contributed by atoms with Crippen LogP contribution in [0.4, 0.5) is 0 Å². The van der Waals surface area contributed by atoms with E-state index in [9.17, 15) is 9.90 Å². The maximum atomic E-state index is 12.0. The zero-order chi connectivity index (χ0) is 19.0. The highest BCUT2D eigenvalue weighted by molar-refractivity contribution is 5.83. The SMILES string of the molecule is Cc1cc(C)c2oc(=O)cc(CN3C[C@@H](Cc4cnccn4)[C@H](O)C3)c2c1. The number of aromatic nitrogens is 2. The van der Waals surface area contributed by atoms with Crippen LogP contribution in [-0.2, 0) is 13.0 Å². The maximum Gasteiger partial charge on any atom is 0.336 e. The van der Waals surface area contributed by atoms with Crippen LogP contribution >= 0.6 is 0 Å². The van der Waals surface area contributed by atoms with Gasteiger partial charge < -0.3 is 9.52 Å². The zero-order valence-electron chi connectivity index (χ0n) is 15.6. The van der Waals surface area contributed by atoms with Crippen LogP contribution in [0.1, 0.15) is 22.4 Å². The normalized spacial score (nSPS) is 20.4. The predicted molar refractivity (Wildman–Crippen MR) is 102 cm³/mol. The maximum absolute atomic E-state index is 12.0. The molecule has 3 aromatic rings. The van der Waals surface area contributed by atoms with Gasteiger partial charge in [0.15, 0.2) is 0 Å². The lowest BCUT2D eigenvalue weighted by Crippen LogP contribution is -2.22. The van der Waals surface area contributed by atoms with Gasteiger partial charge in [-0.25, -0.2) is 4.79 Å². The summed E-state index contributed by atoms with van der Waals surface area (Å²) in [6, 6.07) is 5.65. The van der Waals surface area contributed by atoms with Gasteiger partial charge in [0.2, 0.25) is 0 Å². The molecule has 1 aliphatic heterocycles. The van der Waals surface area contributed by atoms with Gasteiger partial charge in [0.1, 0.15) is 5.58 Å². The number of aliphatic hydroxyl groups excluding tert-OH is 1. The number of hydrogen-bond donors (Lipinski definition) is 1. The Morgan fingerprint density at radius 2 is 2.07 bits per heavy atom. The molecule has 1 aliphatic rings. The molecule has 0 amide bonds. The monoisotopic (exact) mass is 365 g/mol. The van der Waals surface area contributed by atoms with Crippen LogP contribution in [0.25, 0.3) is 11.0 Å². The average molecular weight is 365 g/mol. The number of benzene rings is 1. The lowest BCUT2D eigenvalue weighted by Gasteiger charge is -2.17. The fourth-order valence-corrected chi connectivity index (χ4v) is 4.03. The molecular formula is C21H23N3O3. The summed E-state index contributed by atoms with van der Waals surface area (Å²) in [5.41, 5.74) is 4.25. The van der Waals surface area contributed by atoms with E-state index < -0.39 is 6.10 Å². The fraction of sp³-hybridized carbons (Fsp3) is 0.381. The van der Waals surface area contributed by atoms with Gasteiger partial charge in [0.05, 0.1) is 11.8 Å². The fourth-order valence-electron chi connectivity index (χ4n) is 4.03. The first-order chi connectivity index (χ1) is 13.0. The molecule has 0 saturated carbocycles. The van der Waals surface area contributed by atoms with Gasteiger partial charge in [0.25, 0.3) is 0 Å². The quantitative estimate of drug-likeness (QED) is 0.715. The van der Waals surface area contributed by atoms with Crippen molar-refractivity contribution in [3.63, 3.8) is 0 Å². The van der Waals surface area contributed by atoms with Crippen LogP contribution in [0.2, 0.25) is 0 Å². The van der Waals surface area contributed by atoms with Crippen LogP contribution < -0.4 is 5.63 Å². The van der Waals surface area contributed by atoms with Crippen molar-refractivity contribution >= 4 is 11.0 Å². The van der Waals surface area contributed by atoms with Crippen molar-refractivity contribution in [1.82, 2.24) is 14.9 Å². The van der Waals surface area contributed by atoms with Crippen molar-refractivity contribution in [1.29, 1.82) is 0 Å². The Balaban J connectivity index is 1.57. The van der Waals surface area contributed by atoms with E-state index in [1.54, 1.807) is 24.7 Å².